The first-order chi connectivity index (χ1) is 8.38. The normalized spacial score (nSPS) is 11.4. The number of aromatic nitrogens is 1. The number of hydrogen-bond acceptors (Lipinski definition) is 6. The number of carboxylic acid groups (broad SMARTS) is 1. The molecule has 96 valence electrons. The molecule has 2 rings (SSSR count). The van der Waals surface area contributed by atoms with Crippen molar-refractivity contribution in [2.24, 2.45) is 0 Å². The molecular formula is C9H8N2O6S. The summed E-state index contributed by atoms with van der Waals surface area (Å²) in [5.74, 6) is -1.83. The van der Waals surface area contributed by atoms with Crippen LogP contribution in [0.25, 0.3) is 0 Å². The van der Waals surface area contributed by atoms with Crippen LogP contribution in [0.1, 0.15) is 16.2 Å². The van der Waals surface area contributed by atoms with E-state index in [0.29, 0.717) is 5.69 Å². The van der Waals surface area contributed by atoms with Crippen molar-refractivity contribution in [3.8, 4) is 0 Å². The molecule has 2 aromatic heterocycles. The van der Waals surface area contributed by atoms with Crippen LogP contribution in [-0.4, -0.2) is 24.5 Å². The lowest BCUT2D eigenvalue weighted by Gasteiger charge is -1.99. The molecule has 0 aliphatic heterocycles. The number of aryl methyl sites for hydroxylation is 1. The number of rotatable bonds is 4. The summed E-state index contributed by atoms with van der Waals surface area (Å²) in [5, 5.41) is 8.09. The number of furan rings is 1. The number of carbonyl (C=O) groups is 1. The van der Waals surface area contributed by atoms with Crippen LogP contribution >= 0.6 is 0 Å². The van der Waals surface area contributed by atoms with Crippen molar-refractivity contribution in [2.45, 2.75) is 12.0 Å². The number of sulfonamides is 1. The van der Waals surface area contributed by atoms with Crippen molar-refractivity contribution in [3.63, 3.8) is 0 Å². The molecule has 0 saturated heterocycles. The molecule has 0 unspecified atom stereocenters. The zero-order chi connectivity index (χ0) is 13.3. The van der Waals surface area contributed by atoms with Gasteiger partial charge in [0, 0.05) is 0 Å². The van der Waals surface area contributed by atoms with Crippen LogP contribution < -0.4 is 4.72 Å². The second-order valence-corrected chi connectivity index (χ2v) is 4.94. The first kappa shape index (κ1) is 12.2. The quantitative estimate of drug-likeness (QED) is 0.853. The Labute approximate surface area is 101 Å². The second kappa shape index (κ2) is 4.18. The lowest BCUT2D eigenvalue weighted by Crippen LogP contribution is -2.12. The second-order valence-electron chi connectivity index (χ2n) is 3.32. The third-order valence-electron chi connectivity index (χ3n) is 1.90. The molecule has 18 heavy (non-hydrogen) atoms. The molecule has 2 aromatic rings. The third kappa shape index (κ3) is 2.35. The minimum atomic E-state index is -4.05. The fourth-order valence-corrected chi connectivity index (χ4v) is 2.02. The van der Waals surface area contributed by atoms with Gasteiger partial charge in [0.25, 0.3) is 10.0 Å². The van der Waals surface area contributed by atoms with Gasteiger partial charge in [0.1, 0.15) is 6.26 Å². The maximum absolute atomic E-state index is 11.7. The molecule has 0 radical (unpaired) electrons. The number of nitrogens with zero attached hydrogens (tertiary/aromatic N) is 1. The highest BCUT2D eigenvalue weighted by molar-refractivity contribution is 7.92. The van der Waals surface area contributed by atoms with E-state index in [9.17, 15) is 13.2 Å². The third-order valence-corrected chi connectivity index (χ3v) is 3.09. The van der Waals surface area contributed by atoms with Crippen LogP contribution in [0.2, 0.25) is 0 Å². The Morgan fingerprint density at radius 3 is 2.67 bits per heavy atom. The zero-order valence-electron chi connectivity index (χ0n) is 9.08. The highest BCUT2D eigenvalue weighted by atomic mass is 32.2. The van der Waals surface area contributed by atoms with Gasteiger partial charge in [-0.25, -0.2) is 9.52 Å². The number of carboxylic acids is 1. The minimum absolute atomic E-state index is 0.222. The molecule has 0 fully saturated rings. The molecule has 0 aliphatic rings. The molecular weight excluding hydrogens is 264 g/mol. The molecule has 2 heterocycles. The maximum Gasteiger partial charge on any atom is 0.371 e. The molecule has 0 amide bonds. The number of nitrogens with one attached hydrogen (secondary N) is 1. The molecule has 0 saturated carbocycles. The average Bonchev–Trinajstić information content (AvgIpc) is 2.86. The molecule has 0 aromatic carbocycles. The van der Waals surface area contributed by atoms with E-state index in [2.05, 4.69) is 9.40 Å². The van der Waals surface area contributed by atoms with E-state index in [0.717, 1.165) is 12.1 Å². The highest BCUT2D eigenvalue weighted by Crippen LogP contribution is 2.18. The van der Waals surface area contributed by atoms with E-state index in [1.807, 2.05) is 4.72 Å². The maximum atomic E-state index is 11.7. The first-order valence-electron chi connectivity index (χ1n) is 4.66. The van der Waals surface area contributed by atoms with E-state index in [-0.39, 0.29) is 6.01 Å². The van der Waals surface area contributed by atoms with Crippen LogP contribution in [0.3, 0.4) is 0 Å². The van der Waals surface area contributed by atoms with Gasteiger partial charge in [-0.2, -0.15) is 13.4 Å². The van der Waals surface area contributed by atoms with Crippen molar-refractivity contribution in [1.82, 2.24) is 4.98 Å². The summed E-state index contributed by atoms with van der Waals surface area (Å²) >= 11 is 0. The van der Waals surface area contributed by atoms with E-state index in [1.165, 1.54) is 6.26 Å². The highest BCUT2D eigenvalue weighted by Gasteiger charge is 2.22. The molecule has 8 nitrogen and oxygen atoms in total. The van der Waals surface area contributed by atoms with Crippen molar-refractivity contribution in [1.29, 1.82) is 0 Å². The van der Waals surface area contributed by atoms with Gasteiger partial charge < -0.3 is 13.9 Å². The molecule has 2 N–H and O–H groups in total. The van der Waals surface area contributed by atoms with Crippen molar-refractivity contribution < 1.29 is 27.2 Å². The van der Waals surface area contributed by atoms with Crippen molar-refractivity contribution >= 4 is 22.0 Å². The molecule has 9 heteroatoms. The van der Waals surface area contributed by atoms with E-state index < -0.39 is 26.8 Å². The molecule has 0 spiro atoms. The van der Waals surface area contributed by atoms with Gasteiger partial charge in [-0.1, -0.05) is 0 Å². The van der Waals surface area contributed by atoms with Crippen molar-refractivity contribution in [3.05, 3.63) is 29.9 Å². The Kier molecular flexibility index (Phi) is 2.83. The number of aromatic carboxylic acids is 1. The first-order valence-corrected chi connectivity index (χ1v) is 6.15. The van der Waals surface area contributed by atoms with Crippen LogP contribution in [0, 0.1) is 6.92 Å². The Bertz CT molecular complexity index is 683. The smallest absolute Gasteiger partial charge is 0.371 e. The van der Waals surface area contributed by atoms with Gasteiger partial charge in [-0.15, -0.1) is 0 Å². The summed E-state index contributed by atoms with van der Waals surface area (Å²) < 4.78 is 35.0. The molecule has 0 atom stereocenters. The predicted molar refractivity (Wildman–Crippen MR) is 57.7 cm³/mol. The zero-order valence-corrected chi connectivity index (χ0v) is 9.89. The summed E-state index contributed by atoms with van der Waals surface area (Å²) in [5.41, 5.74) is 0.498. The predicted octanol–water partition coefficient (Wildman–Crippen LogP) is 1.08. The van der Waals surface area contributed by atoms with E-state index in [1.54, 1.807) is 6.92 Å². The Morgan fingerprint density at radius 1 is 1.44 bits per heavy atom. The fraction of sp³-hybridized carbons (Fsp3) is 0.111. The minimum Gasteiger partial charge on any atom is -0.475 e. The van der Waals surface area contributed by atoms with Crippen LogP contribution in [-0.2, 0) is 10.0 Å². The van der Waals surface area contributed by atoms with E-state index >= 15 is 0 Å². The Balaban J connectivity index is 2.27. The number of hydrogen-bond donors (Lipinski definition) is 2. The van der Waals surface area contributed by atoms with Gasteiger partial charge >= 0.3 is 12.0 Å². The summed E-state index contributed by atoms with van der Waals surface area (Å²) in [6.07, 6.45) is 1.27. The summed E-state index contributed by atoms with van der Waals surface area (Å²) in [4.78, 5) is 14.3. The summed E-state index contributed by atoms with van der Waals surface area (Å²) in [6.45, 7) is 1.62. The van der Waals surface area contributed by atoms with Crippen molar-refractivity contribution in [2.75, 3.05) is 4.72 Å². The fourth-order valence-electron chi connectivity index (χ4n) is 1.15. The summed E-state index contributed by atoms with van der Waals surface area (Å²) in [7, 11) is -4.05. The summed E-state index contributed by atoms with van der Waals surface area (Å²) in [6, 6.07) is 1.85. The monoisotopic (exact) mass is 272 g/mol. The number of anilines is 1. The van der Waals surface area contributed by atoms with Crippen LogP contribution in [0.5, 0.6) is 0 Å². The average molecular weight is 272 g/mol. The molecule has 0 aliphatic carbocycles. The Hall–Kier alpha value is -2.29. The van der Waals surface area contributed by atoms with Crippen LogP contribution in [0.15, 0.2) is 32.3 Å². The van der Waals surface area contributed by atoms with Gasteiger partial charge in [-0.3, -0.25) is 0 Å². The van der Waals surface area contributed by atoms with Gasteiger partial charge in [0.2, 0.25) is 10.9 Å². The lowest BCUT2D eigenvalue weighted by atomic mass is 10.5. The Morgan fingerprint density at radius 2 is 2.17 bits per heavy atom. The largest absolute Gasteiger partial charge is 0.475 e. The van der Waals surface area contributed by atoms with Gasteiger partial charge in [0.05, 0.1) is 5.69 Å². The van der Waals surface area contributed by atoms with E-state index in [4.69, 9.17) is 9.52 Å². The van der Waals surface area contributed by atoms with Gasteiger partial charge in [-0.05, 0) is 19.1 Å². The topological polar surface area (TPSA) is 123 Å². The van der Waals surface area contributed by atoms with Crippen LogP contribution in [0.4, 0.5) is 6.01 Å². The SMILES string of the molecule is Cc1coc(NS(=O)(=O)c2ccc(C(=O)O)o2)n1. The van der Waals surface area contributed by atoms with Gasteiger partial charge in [0.15, 0.2) is 0 Å². The standard InChI is InChI=1S/C9H8N2O6S/c1-5-4-16-9(10-5)11-18(14,15)7-3-2-6(17-7)8(12)13/h2-4H,1H3,(H,10,11)(H,12,13). The molecule has 0 bridgehead atoms. The lowest BCUT2D eigenvalue weighted by molar-refractivity contribution is 0.0656. The number of oxazole rings is 1.